The van der Waals surface area contributed by atoms with Crippen LogP contribution in [0.3, 0.4) is 0 Å². The van der Waals surface area contributed by atoms with E-state index >= 15 is 0 Å². The van der Waals surface area contributed by atoms with Gasteiger partial charge in [-0.25, -0.2) is 0 Å². The molecule has 1 saturated carbocycles. The van der Waals surface area contributed by atoms with Crippen molar-refractivity contribution in [1.82, 2.24) is 4.90 Å². The van der Waals surface area contributed by atoms with Crippen LogP contribution < -0.4 is 54.5 Å². The number of aryl methyl sites for hydroxylation is 3. The fourth-order valence-electron chi connectivity index (χ4n) is 4.34. The summed E-state index contributed by atoms with van der Waals surface area (Å²) in [4.78, 5) is 28.1. The molecule has 1 aliphatic heterocycles. The molecule has 1 aromatic carbocycles. The van der Waals surface area contributed by atoms with Gasteiger partial charge < -0.3 is 59.4 Å². The van der Waals surface area contributed by atoms with Crippen LogP contribution in [0.2, 0.25) is 0 Å². The predicted octanol–water partition coefficient (Wildman–Crippen LogP) is -8.35. The summed E-state index contributed by atoms with van der Waals surface area (Å²) in [6.07, 6.45) is 11.0. The van der Waals surface area contributed by atoms with E-state index < -0.39 is 5.66 Å². The second-order valence-corrected chi connectivity index (χ2v) is 7.13. The SMILES string of the molecule is Cc1cc(C)c(N2C=CN(C3CCCCC3)C2(C=O)C=O)c(C)c1.[Cl-].[Cl-].[Cl-].[Cl-].[Ir]. The summed E-state index contributed by atoms with van der Waals surface area (Å²) in [6, 6.07) is 4.45. The zero-order valence-electron chi connectivity index (χ0n) is 16.6. The third kappa shape index (κ3) is 6.12. The maximum Gasteiger partial charge on any atom is 0.231 e. The summed E-state index contributed by atoms with van der Waals surface area (Å²) in [5.74, 6) is 0. The summed E-state index contributed by atoms with van der Waals surface area (Å²) < 4.78 is 0. The zero-order chi connectivity index (χ0) is 17.3. The molecule has 9 heteroatoms. The molecule has 1 aliphatic carbocycles. The van der Waals surface area contributed by atoms with Crippen molar-refractivity contribution >= 4 is 18.3 Å². The molecule has 1 radical (unpaired) electrons. The van der Waals surface area contributed by atoms with E-state index in [9.17, 15) is 9.59 Å². The van der Waals surface area contributed by atoms with Gasteiger partial charge in [-0.15, -0.1) is 0 Å². The van der Waals surface area contributed by atoms with E-state index in [0.717, 1.165) is 55.1 Å². The number of hydrogen-bond acceptors (Lipinski definition) is 4. The maximum absolute atomic E-state index is 12.1. The summed E-state index contributed by atoms with van der Waals surface area (Å²) in [7, 11) is 0. The van der Waals surface area contributed by atoms with E-state index in [4.69, 9.17) is 0 Å². The minimum atomic E-state index is -1.26. The molecule has 2 aliphatic rings. The van der Waals surface area contributed by atoms with Crippen molar-refractivity contribution in [3.8, 4) is 0 Å². The standard InChI is InChI=1S/C20H26N2O2.4ClH.Ir/c1-15-11-16(2)19(17(3)12-15)22-10-9-21(20(22,13-23)14-24)18-7-5-4-6-8-18;;;;;/h9-14,18H,4-8H2,1-3H3;4*1H;/p-4. The average Bonchev–Trinajstić information content (AvgIpc) is 2.94. The van der Waals surface area contributed by atoms with E-state index in [2.05, 4.69) is 19.1 Å². The number of halogens is 4. The Bertz CT molecular complexity index is 666. The van der Waals surface area contributed by atoms with E-state index in [0.29, 0.717) is 0 Å². The molecule has 29 heavy (non-hydrogen) atoms. The molecule has 0 bridgehead atoms. The minimum Gasteiger partial charge on any atom is -1.00 e. The third-order valence-electron chi connectivity index (χ3n) is 5.37. The Morgan fingerprint density at radius 2 is 1.34 bits per heavy atom. The molecule has 1 heterocycles. The van der Waals surface area contributed by atoms with Crippen LogP contribution in [-0.4, -0.2) is 29.2 Å². The maximum atomic E-state index is 12.1. The smallest absolute Gasteiger partial charge is 0.231 e. The molecule has 3 rings (SSSR count). The molecular weight excluding hydrogens is 634 g/mol. The van der Waals surface area contributed by atoms with E-state index in [1.807, 2.05) is 36.0 Å². The van der Waals surface area contributed by atoms with Gasteiger partial charge in [0.25, 0.3) is 0 Å². The number of hydrogen-bond donors (Lipinski definition) is 0. The van der Waals surface area contributed by atoms with Gasteiger partial charge in [-0.1, -0.05) is 37.0 Å². The fraction of sp³-hybridized carbons (Fsp3) is 0.500. The van der Waals surface area contributed by atoms with Gasteiger partial charge in [0.1, 0.15) is 0 Å². The number of rotatable bonds is 4. The van der Waals surface area contributed by atoms with Crippen molar-refractivity contribution in [3.05, 3.63) is 41.2 Å². The largest absolute Gasteiger partial charge is 1.00 e. The van der Waals surface area contributed by atoms with Gasteiger partial charge in [0.15, 0.2) is 12.6 Å². The van der Waals surface area contributed by atoms with Gasteiger partial charge in [-0.3, -0.25) is 9.59 Å². The summed E-state index contributed by atoms with van der Waals surface area (Å²) >= 11 is 0. The summed E-state index contributed by atoms with van der Waals surface area (Å²) in [6.45, 7) is 6.13. The Labute approximate surface area is 212 Å². The third-order valence-corrected chi connectivity index (χ3v) is 5.37. The van der Waals surface area contributed by atoms with E-state index in [1.54, 1.807) is 0 Å². The molecule has 0 saturated heterocycles. The van der Waals surface area contributed by atoms with Crippen LogP contribution in [0.15, 0.2) is 24.5 Å². The first-order chi connectivity index (χ1) is 11.5. The van der Waals surface area contributed by atoms with Gasteiger partial charge in [-0.05, 0) is 44.7 Å². The molecule has 0 N–H and O–H groups in total. The topological polar surface area (TPSA) is 40.6 Å². The summed E-state index contributed by atoms with van der Waals surface area (Å²) in [5.41, 5.74) is 3.04. The number of carbonyl (C=O) groups excluding carboxylic acids is 2. The first kappa shape index (κ1) is 33.3. The van der Waals surface area contributed by atoms with Crippen LogP contribution in [-0.2, 0) is 29.7 Å². The van der Waals surface area contributed by atoms with Crippen LogP contribution >= 0.6 is 0 Å². The zero-order valence-corrected chi connectivity index (χ0v) is 22.1. The Morgan fingerprint density at radius 3 is 1.79 bits per heavy atom. The van der Waals surface area contributed by atoms with Crippen LogP contribution in [0.25, 0.3) is 0 Å². The van der Waals surface area contributed by atoms with E-state index in [-0.39, 0.29) is 75.8 Å². The van der Waals surface area contributed by atoms with Crippen molar-refractivity contribution in [2.75, 3.05) is 4.90 Å². The van der Waals surface area contributed by atoms with Crippen molar-refractivity contribution in [2.45, 2.75) is 64.6 Å². The second kappa shape index (κ2) is 13.9. The molecular formula is C20H26Cl4IrN2O2-4. The molecule has 0 amide bonds. The molecule has 0 spiro atoms. The number of aldehydes is 2. The van der Waals surface area contributed by atoms with Crippen molar-refractivity contribution in [1.29, 1.82) is 0 Å². The molecule has 169 valence electrons. The normalized spacial score (nSPS) is 16.9. The number of nitrogens with zero attached hydrogens (tertiary/aromatic N) is 2. The molecule has 4 nitrogen and oxygen atoms in total. The molecule has 0 atom stereocenters. The first-order valence-corrected chi connectivity index (χ1v) is 8.80. The molecule has 0 aromatic heterocycles. The fourth-order valence-corrected chi connectivity index (χ4v) is 4.34. The van der Waals surface area contributed by atoms with Gasteiger partial charge in [0.2, 0.25) is 5.66 Å². The Hall–Kier alpha value is -0.291. The summed E-state index contributed by atoms with van der Waals surface area (Å²) in [5, 5.41) is 0. The number of anilines is 1. The van der Waals surface area contributed by atoms with Gasteiger partial charge >= 0.3 is 0 Å². The quantitative estimate of drug-likeness (QED) is 0.238. The van der Waals surface area contributed by atoms with Crippen molar-refractivity contribution < 1.29 is 79.3 Å². The van der Waals surface area contributed by atoms with Crippen LogP contribution in [0.4, 0.5) is 5.69 Å². The van der Waals surface area contributed by atoms with Gasteiger partial charge in [0.05, 0.1) is 0 Å². The minimum absolute atomic E-state index is 0. The monoisotopic (exact) mass is 659 g/mol. The van der Waals surface area contributed by atoms with Crippen LogP contribution in [0.5, 0.6) is 0 Å². The van der Waals surface area contributed by atoms with Crippen LogP contribution in [0.1, 0.15) is 48.8 Å². The van der Waals surface area contributed by atoms with Crippen LogP contribution in [0, 0.1) is 20.8 Å². The van der Waals surface area contributed by atoms with Crippen molar-refractivity contribution in [2.24, 2.45) is 0 Å². The van der Waals surface area contributed by atoms with Crippen molar-refractivity contribution in [3.63, 3.8) is 0 Å². The molecule has 1 fully saturated rings. The average molecular weight is 660 g/mol. The number of benzene rings is 1. The van der Waals surface area contributed by atoms with Gasteiger partial charge in [0, 0.05) is 44.2 Å². The second-order valence-electron chi connectivity index (χ2n) is 7.13. The first-order valence-electron chi connectivity index (χ1n) is 8.80. The van der Waals surface area contributed by atoms with E-state index in [1.165, 1.54) is 12.0 Å². The number of carbonyl (C=O) groups is 2. The molecule has 0 unspecified atom stereocenters. The Morgan fingerprint density at radius 1 is 0.862 bits per heavy atom. The van der Waals surface area contributed by atoms with Gasteiger partial charge in [-0.2, -0.15) is 0 Å². The Balaban J connectivity index is -0.00000135. The molecule has 1 aromatic rings. The Kier molecular flexibility index (Phi) is 16.0. The predicted molar refractivity (Wildman–Crippen MR) is 95.8 cm³/mol.